The highest BCUT2D eigenvalue weighted by Gasteiger charge is 2.39. The van der Waals surface area contributed by atoms with Gasteiger partial charge in [-0.05, 0) is 60.5 Å². The minimum absolute atomic E-state index is 0.0788. The molecule has 0 bridgehead atoms. The van der Waals surface area contributed by atoms with Crippen molar-refractivity contribution in [3.63, 3.8) is 0 Å². The summed E-state index contributed by atoms with van der Waals surface area (Å²) in [5.41, 5.74) is 2.18. The van der Waals surface area contributed by atoms with Crippen LogP contribution in [0.15, 0.2) is 23.8 Å². The Kier molecular flexibility index (Phi) is 5.03. The molecule has 0 saturated heterocycles. The van der Waals surface area contributed by atoms with Gasteiger partial charge in [0.1, 0.15) is 6.61 Å². The molecule has 1 N–H and O–H groups in total. The molecule has 0 heterocycles. The first-order valence-electron chi connectivity index (χ1n) is 7.64. The van der Waals surface area contributed by atoms with Gasteiger partial charge in [-0.1, -0.05) is 19.6 Å². The van der Waals surface area contributed by atoms with Gasteiger partial charge in [-0.15, -0.1) is 0 Å². The van der Waals surface area contributed by atoms with Gasteiger partial charge in [0, 0.05) is 6.92 Å². The number of aliphatic hydroxyl groups is 1. The second kappa shape index (κ2) is 6.57. The summed E-state index contributed by atoms with van der Waals surface area (Å²) in [6, 6.07) is 0. The molecule has 4 atom stereocenters. The summed E-state index contributed by atoms with van der Waals surface area (Å²) in [7, 11) is 0. The number of fused-ring (bicyclic) bond motifs is 1. The molecule has 1 saturated carbocycles. The van der Waals surface area contributed by atoms with Crippen molar-refractivity contribution in [2.45, 2.75) is 39.5 Å². The molecule has 3 heteroatoms. The lowest BCUT2D eigenvalue weighted by molar-refractivity contribution is -0.140. The lowest BCUT2D eigenvalue weighted by Gasteiger charge is -2.44. The Bertz CT molecular complexity index is 410. The van der Waals surface area contributed by atoms with Crippen LogP contribution in [0.25, 0.3) is 0 Å². The lowest BCUT2D eigenvalue weighted by atomic mass is 9.61. The Morgan fingerprint density at radius 2 is 2.20 bits per heavy atom. The number of allylic oxidation sites excluding steroid dienone is 1. The van der Waals surface area contributed by atoms with Crippen molar-refractivity contribution < 1.29 is 14.6 Å². The van der Waals surface area contributed by atoms with Crippen molar-refractivity contribution in [1.29, 1.82) is 0 Å². The Morgan fingerprint density at radius 1 is 1.45 bits per heavy atom. The van der Waals surface area contributed by atoms with Gasteiger partial charge in [-0.25, -0.2) is 0 Å². The number of carbonyl (C=O) groups excluding carboxylic acids is 1. The predicted octanol–water partition coefficient (Wildman–Crippen LogP) is 3.10. The summed E-state index contributed by atoms with van der Waals surface area (Å²) in [4.78, 5) is 10.9. The smallest absolute Gasteiger partial charge is 0.302 e. The van der Waals surface area contributed by atoms with E-state index in [-0.39, 0.29) is 12.6 Å². The van der Waals surface area contributed by atoms with E-state index in [1.807, 2.05) is 0 Å². The molecule has 1 fully saturated rings. The largest absolute Gasteiger partial charge is 0.461 e. The highest BCUT2D eigenvalue weighted by atomic mass is 16.5. The van der Waals surface area contributed by atoms with Gasteiger partial charge in [0.15, 0.2) is 0 Å². The van der Waals surface area contributed by atoms with Gasteiger partial charge in [-0.2, -0.15) is 0 Å². The zero-order valence-corrected chi connectivity index (χ0v) is 12.6. The molecule has 0 aromatic carbocycles. The Hall–Kier alpha value is -1.09. The Morgan fingerprint density at radius 3 is 2.85 bits per heavy atom. The summed E-state index contributed by atoms with van der Waals surface area (Å²) in [5, 5.41) is 9.40. The molecule has 3 nitrogen and oxygen atoms in total. The Balaban J connectivity index is 2.14. The van der Waals surface area contributed by atoms with Gasteiger partial charge >= 0.3 is 5.97 Å². The maximum Gasteiger partial charge on any atom is 0.302 e. The van der Waals surface area contributed by atoms with Crippen LogP contribution >= 0.6 is 0 Å². The third-order valence-corrected chi connectivity index (χ3v) is 5.04. The summed E-state index contributed by atoms with van der Waals surface area (Å²) in [5.74, 6) is 2.03. The van der Waals surface area contributed by atoms with E-state index >= 15 is 0 Å². The predicted molar refractivity (Wildman–Crippen MR) is 79.0 cm³/mol. The summed E-state index contributed by atoms with van der Waals surface area (Å²) < 4.78 is 5.13. The number of carbonyl (C=O) groups is 1. The number of hydrogen-bond donors (Lipinski definition) is 1. The average molecular weight is 278 g/mol. The van der Waals surface area contributed by atoms with Crippen LogP contribution in [0, 0.1) is 23.7 Å². The highest BCUT2D eigenvalue weighted by molar-refractivity contribution is 5.66. The molecule has 2 rings (SSSR count). The van der Waals surface area contributed by atoms with Crippen LogP contribution in [-0.2, 0) is 9.53 Å². The molecule has 0 radical (unpaired) electrons. The summed E-state index contributed by atoms with van der Waals surface area (Å²) >= 11 is 0. The lowest BCUT2D eigenvalue weighted by Crippen LogP contribution is -2.36. The van der Waals surface area contributed by atoms with E-state index in [0.29, 0.717) is 24.4 Å². The second-order valence-electron chi connectivity index (χ2n) is 6.36. The van der Waals surface area contributed by atoms with Crippen molar-refractivity contribution in [2.75, 3.05) is 13.2 Å². The van der Waals surface area contributed by atoms with E-state index in [2.05, 4.69) is 19.6 Å². The fourth-order valence-corrected chi connectivity index (χ4v) is 3.86. The minimum Gasteiger partial charge on any atom is -0.461 e. The summed E-state index contributed by atoms with van der Waals surface area (Å²) in [6.07, 6.45) is 6.82. The minimum atomic E-state index is -0.221. The molecular weight excluding hydrogens is 252 g/mol. The van der Waals surface area contributed by atoms with Crippen molar-refractivity contribution in [3.8, 4) is 0 Å². The van der Waals surface area contributed by atoms with E-state index in [1.54, 1.807) is 0 Å². The van der Waals surface area contributed by atoms with Crippen LogP contribution < -0.4 is 0 Å². The number of rotatable bonds is 4. The zero-order chi connectivity index (χ0) is 14.7. The van der Waals surface area contributed by atoms with E-state index in [0.717, 1.165) is 30.8 Å². The molecule has 20 heavy (non-hydrogen) atoms. The molecular formula is C17H26O3. The first-order valence-corrected chi connectivity index (χ1v) is 7.64. The second-order valence-corrected chi connectivity index (χ2v) is 6.36. The standard InChI is InChI=1S/C17H26O3/c1-11-4-6-16(12(2)9-18)17-8-14(5-7-15(11)17)10-20-13(3)19/h8,11,15-18H,2,4-7,9-10H2,1,3H3. The first kappa shape index (κ1) is 15.3. The normalized spacial score (nSPS) is 33.0. The number of aliphatic hydroxyl groups excluding tert-OH is 1. The SMILES string of the molecule is C=C(CO)C1CCC(C)C2CCC(COC(C)=O)=CC12. The fourth-order valence-electron chi connectivity index (χ4n) is 3.86. The fraction of sp³-hybridized carbons (Fsp3) is 0.706. The number of esters is 1. The first-order chi connectivity index (χ1) is 9.52. The topological polar surface area (TPSA) is 46.5 Å². The molecule has 4 unspecified atom stereocenters. The molecule has 0 aromatic heterocycles. The van der Waals surface area contributed by atoms with Crippen molar-refractivity contribution in [1.82, 2.24) is 0 Å². The highest BCUT2D eigenvalue weighted by Crippen LogP contribution is 2.47. The third-order valence-electron chi connectivity index (χ3n) is 5.04. The van der Waals surface area contributed by atoms with Gasteiger partial charge in [-0.3, -0.25) is 4.79 Å². The molecule has 2 aliphatic rings. The third kappa shape index (κ3) is 3.32. The number of ether oxygens (including phenoxy) is 1. The van der Waals surface area contributed by atoms with Crippen LogP contribution in [0.2, 0.25) is 0 Å². The monoisotopic (exact) mass is 278 g/mol. The zero-order valence-electron chi connectivity index (χ0n) is 12.6. The molecule has 112 valence electrons. The van der Waals surface area contributed by atoms with Gasteiger partial charge in [0.05, 0.1) is 6.61 Å². The van der Waals surface area contributed by atoms with Crippen LogP contribution in [0.3, 0.4) is 0 Å². The van der Waals surface area contributed by atoms with Crippen LogP contribution in [0.4, 0.5) is 0 Å². The van der Waals surface area contributed by atoms with Crippen molar-refractivity contribution >= 4 is 5.97 Å². The molecule has 0 spiro atoms. The molecule has 2 aliphatic carbocycles. The van der Waals surface area contributed by atoms with Gasteiger partial charge in [0.2, 0.25) is 0 Å². The quantitative estimate of drug-likeness (QED) is 0.635. The van der Waals surface area contributed by atoms with Crippen molar-refractivity contribution in [3.05, 3.63) is 23.8 Å². The average Bonchev–Trinajstić information content (AvgIpc) is 2.44. The van der Waals surface area contributed by atoms with Gasteiger partial charge < -0.3 is 9.84 Å². The summed E-state index contributed by atoms with van der Waals surface area (Å²) in [6.45, 7) is 8.33. The van der Waals surface area contributed by atoms with E-state index < -0.39 is 0 Å². The van der Waals surface area contributed by atoms with E-state index in [9.17, 15) is 9.90 Å². The van der Waals surface area contributed by atoms with Crippen molar-refractivity contribution in [2.24, 2.45) is 23.7 Å². The Labute approximate surface area is 121 Å². The van der Waals surface area contributed by atoms with E-state index in [1.165, 1.54) is 18.9 Å². The number of hydrogen-bond acceptors (Lipinski definition) is 3. The molecule has 0 aromatic rings. The maximum absolute atomic E-state index is 10.9. The maximum atomic E-state index is 10.9. The van der Waals surface area contributed by atoms with Crippen LogP contribution in [-0.4, -0.2) is 24.3 Å². The van der Waals surface area contributed by atoms with Crippen LogP contribution in [0.1, 0.15) is 39.5 Å². The van der Waals surface area contributed by atoms with E-state index in [4.69, 9.17) is 4.74 Å². The van der Waals surface area contributed by atoms with Gasteiger partial charge in [0.25, 0.3) is 0 Å². The molecule has 0 aliphatic heterocycles. The molecule has 0 amide bonds. The van der Waals surface area contributed by atoms with Crippen LogP contribution in [0.5, 0.6) is 0 Å².